The Morgan fingerprint density at radius 1 is 1.46 bits per heavy atom. The maximum absolute atomic E-state index is 5.34. The van der Waals surface area contributed by atoms with E-state index in [1.54, 1.807) is 0 Å². The summed E-state index contributed by atoms with van der Waals surface area (Å²) in [5.41, 5.74) is 5.33. The molecule has 13 heavy (non-hydrogen) atoms. The SMILES string of the molecule is CC(C)[C@@H](C(=S)OCCN)N(C)C. The summed E-state index contributed by atoms with van der Waals surface area (Å²) < 4.78 is 5.34. The lowest BCUT2D eigenvalue weighted by Crippen LogP contribution is -2.40. The van der Waals surface area contributed by atoms with Gasteiger partial charge in [-0.1, -0.05) is 13.8 Å². The molecule has 3 nitrogen and oxygen atoms in total. The third kappa shape index (κ3) is 4.55. The van der Waals surface area contributed by atoms with E-state index in [4.69, 9.17) is 22.7 Å². The first-order valence-electron chi connectivity index (χ1n) is 4.53. The summed E-state index contributed by atoms with van der Waals surface area (Å²) in [6.45, 7) is 5.28. The Labute approximate surface area is 86.2 Å². The van der Waals surface area contributed by atoms with Crippen molar-refractivity contribution in [1.29, 1.82) is 0 Å². The molecule has 0 saturated heterocycles. The number of hydrogen-bond acceptors (Lipinski definition) is 4. The van der Waals surface area contributed by atoms with Crippen LogP contribution in [0.4, 0.5) is 0 Å². The van der Waals surface area contributed by atoms with E-state index in [-0.39, 0.29) is 6.04 Å². The fourth-order valence-corrected chi connectivity index (χ4v) is 1.89. The normalized spacial score (nSPS) is 13.5. The molecule has 0 spiro atoms. The van der Waals surface area contributed by atoms with Crippen LogP contribution in [0.15, 0.2) is 0 Å². The van der Waals surface area contributed by atoms with Crippen molar-refractivity contribution in [2.45, 2.75) is 19.9 Å². The van der Waals surface area contributed by atoms with E-state index in [9.17, 15) is 0 Å². The number of nitrogens with two attached hydrogens (primary N) is 1. The summed E-state index contributed by atoms with van der Waals surface area (Å²) in [6.07, 6.45) is 0. The molecule has 0 rings (SSSR count). The molecule has 0 aliphatic carbocycles. The highest BCUT2D eigenvalue weighted by Crippen LogP contribution is 2.10. The van der Waals surface area contributed by atoms with Crippen LogP contribution in [0.25, 0.3) is 0 Å². The van der Waals surface area contributed by atoms with Crippen LogP contribution in [-0.4, -0.2) is 43.2 Å². The number of ether oxygens (including phenoxy) is 1. The zero-order chi connectivity index (χ0) is 10.4. The molecule has 0 aromatic heterocycles. The Balaban J connectivity index is 4.13. The van der Waals surface area contributed by atoms with Gasteiger partial charge in [-0.3, -0.25) is 4.90 Å². The fourth-order valence-electron chi connectivity index (χ4n) is 1.32. The van der Waals surface area contributed by atoms with Crippen LogP contribution in [0.5, 0.6) is 0 Å². The van der Waals surface area contributed by atoms with E-state index in [2.05, 4.69) is 18.7 Å². The summed E-state index contributed by atoms with van der Waals surface area (Å²) in [5.74, 6) is 0.459. The molecule has 0 bridgehead atoms. The lowest BCUT2D eigenvalue weighted by molar-refractivity contribution is 0.232. The summed E-state index contributed by atoms with van der Waals surface area (Å²) in [4.78, 5) is 2.07. The van der Waals surface area contributed by atoms with Gasteiger partial charge in [-0.25, -0.2) is 0 Å². The van der Waals surface area contributed by atoms with Crippen molar-refractivity contribution in [3.05, 3.63) is 0 Å². The summed E-state index contributed by atoms with van der Waals surface area (Å²) in [5, 5.41) is 0.644. The molecular weight excluding hydrogens is 184 g/mol. The second-order valence-corrected chi connectivity index (χ2v) is 4.01. The zero-order valence-corrected chi connectivity index (χ0v) is 9.73. The highest BCUT2D eigenvalue weighted by atomic mass is 32.1. The maximum Gasteiger partial charge on any atom is 0.177 e. The molecule has 0 unspecified atom stereocenters. The number of thiocarbonyl (C=S) groups is 1. The van der Waals surface area contributed by atoms with E-state index in [1.165, 1.54) is 0 Å². The molecule has 4 heteroatoms. The minimum Gasteiger partial charge on any atom is -0.484 e. The summed E-state index contributed by atoms with van der Waals surface area (Å²) >= 11 is 5.17. The third-order valence-corrected chi connectivity index (χ3v) is 2.15. The number of rotatable bonds is 5. The molecular formula is C9H20N2OS. The van der Waals surface area contributed by atoms with Crippen molar-refractivity contribution in [3.8, 4) is 0 Å². The van der Waals surface area contributed by atoms with Gasteiger partial charge in [-0.05, 0) is 32.2 Å². The van der Waals surface area contributed by atoms with Gasteiger partial charge in [0.25, 0.3) is 0 Å². The minimum atomic E-state index is 0.196. The Morgan fingerprint density at radius 2 is 2.00 bits per heavy atom. The first-order chi connectivity index (χ1) is 6.00. The molecule has 0 aliphatic heterocycles. The largest absolute Gasteiger partial charge is 0.484 e. The molecule has 0 radical (unpaired) electrons. The average molecular weight is 204 g/mol. The number of hydrogen-bond donors (Lipinski definition) is 1. The highest BCUT2D eigenvalue weighted by molar-refractivity contribution is 7.80. The standard InChI is InChI=1S/C9H20N2OS/c1-7(2)8(11(3)4)9(13)12-6-5-10/h7-8H,5-6,10H2,1-4H3/t8-/m0/s1. The summed E-state index contributed by atoms with van der Waals surface area (Å²) in [6, 6.07) is 0.196. The van der Waals surface area contributed by atoms with Gasteiger partial charge in [0.05, 0.1) is 6.04 Å². The number of likely N-dealkylation sites (N-methyl/N-ethyl adjacent to an activating group) is 1. The van der Waals surface area contributed by atoms with Crippen LogP contribution in [0.2, 0.25) is 0 Å². The van der Waals surface area contributed by atoms with Gasteiger partial charge in [0.2, 0.25) is 0 Å². The van der Waals surface area contributed by atoms with Gasteiger partial charge in [0, 0.05) is 6.54 Å². The Morgan fingerprint density at radius 3 is 2.31 bits per heavy atom. The van der Waals surface area contributed by atoms with Gasteiger partial charge >= 0.3 is 0 Å². The molecule has 0 heterocycles. The second kappa shape index (κ2) is 6.29. The Bertz CT molecular complexity index is 152. The van der Waals surface area contributed by atoms with Crippen molar-refractivity contribution in [2.75, 3.05) is 27.2 Å². The van der Waals surface area contributed by atoms with Crippen LogP contribution < -0.4 is 5.73 Å². The average Bonchev–Trinajstić information content (AvgIpc) is 1.99. The smallest absolute Gasteiger partial charge is 0.177 e. The molecule has 0 saturated carbocycles. The van der Waals surface area contributed by atoms with Crippen LogP contribution >= 0.6 is 12.2 Å². The molecule has 0 amide bonds. The van der Waals surface area contributed by atoms with Gasteiger partial charge in [0.15, 0.2) is 5.05 Å². The van der Waals surface area contributed by atoms with E-state index >= 15 is 0 Å². The van der Waals surface area contributed by atoms with Crippen molar-refractivity contribution in [3.63, 3.8) is 0 Å². The van der Waals surface area contributed by atoms with Gasteiger partial charge in [-0.2, -0.15) is 0 Å². The topological polar surface area (TPSA) is 38.5 Å². The van der Waals surface area contributed by atoms with Crippen molar-refractivity contribution < 1.29 is 4.74 Å². The van der Waals surface area contributed by atoms with Crippen LogP contribution in [-0.2, 0) is 4.74 Å². The molecule has 0 fully saturated rings. The molecule has 1 atom stereocenters. The van der Waals surface area contributed by atoms with Crippen LogP contribution in [0.1, 0.15) is 13.8 Å². The molecule has 0 aromatic rings. The van der Waals surface area contributed by atoms with Gasteiger partial charge in [-0.15, -0.1) is 0 Å². The zero-order valence-electron chi connectivity index (χ0n) is 8.91. The summed E-state index contributed by atoms with van der Waals surface area (Å²) in [7, 11) is 4.01. The Hall–Kier alpha value is -0.190. The highest BCUT2D eigenvalue weighted by Gasteiger charge is 2.21. The van der Waals surface area contributed by atoms with Gasteiger partial charge < -0.3 is 10.5 Å². The minimum absolute atomic E-state index is 0.196. The van der Waals surface area contributed by atoms with E-state index in [1.807, 2.05) is 14.1 Å². The maximum atomic E-state index is 5.34. The van der Waals surface area contributed by atoms with Crippen molar-refractivity contribution in [2.24, 2.45) is 11.7 Å². The lowest BCUT2D eigenvalue weighted by atomic mass is 10.0. The Kier molecular flexibility index (Phi) is 6.20. The second-order valence-electron chi connectivity index (χ2n) is 3.61. The predicted molar refractivity (Wildman–Crippen MR) is 59.9 cm³/mol. The first-order valence-corrected chi connectivity index (χ1v) is 4.94. The fraction of sp³-hybridized carbons (Fsp3) is 0.889. The monoisotopic (exact) mass is 204 g/mol. The molecule has 2 N–H and O–H groups in total. The first kappa shape index (κ1) is 12.8. The number of nitrogens with zero attached hydrogens (tertiary/aromatic N) is 1. The van der Waals surface area contributed by atoms with Gasteiger partial charge in [0.1, 0.15) is 6.61 Å². The van der Waals surface area contributed by atoms with E-state index in [0.717, 1.165) is 0 Å². The van der Waals surface area contributed by atoms with E-state index in [0.29, 0.717) is 24.1 Å². The molecule has 0 aromatic carbocycles. The molecule has 78 valence electrons. The van der Waals surface area contributed by atoms with Crippen molar-refractivity contribution >= 4 is 17.3 Å². The van der Waals surface area contributed by atoms with Crippen molar-refractivity contribution in [1.82, 2.24) is 4.90 Å². The van der Waals surface area contributed by atoms with Crippen LogP contribution in [0.3, 0.4) is 0 Å². The van der Waals surface area contributed by atoms with E-state index < -0.39 is 0 Å². The predicted octanol–water partition coefficient (Wildman–Crippen LogP) is 0.875. The third-order valence-electron chi connectivity index (χ3n) is 1.79. The van der Waals surface area contributed by atoms with Crippen LogP contribution in [0, 0.1) is 5.92 Å². The lowest BCUT2D eigenvalue weighted by Gasteiger charge is -2.28. The molecule has 0 aliphatic rings. The quantitative estimate of drug-likeness (QED) is 0.675.